The van der Waals surface area contributed by atoms with Gasteiger partial charge < -0.3 is 9.64 Å². The molecule has 0 rings (SSSR count). The Balaban J connectivity index is 3.63. The third kappa shape index (κ3) is 6.28. The molecular formula is C9H17NO3. The molecule has 76 valence electrons. The predicted octanol–water partition coefficient (Wildman–Crippen LogP) is 0.460. The van der Waals surface area contributed by atoms with Crippen molar-refractivity contribution in [3.05, 3.63) is 0 Å². The summed E-state index contributed by atoms with van der Waals surface area (Å²) in [6, 6.07) is 0. The number of rotatable bonds is 6. The second-order valence-electron chi connectivity index (χ2n) is 2.89. The summed E-state index contributed by atoms with van der Waals surface area (Å²) in [5.41, 5.74) is 0. The van der Waals surface area contributed by atoms with Crippen molar-refractivity contribution in [1.29, 1.82) is 0 Å². The SMILES string of the molecule is CCOCCN(C)C(=O)CC(C)=O. The van der Waals surface area contributed by atoms with Crippen LogP contribution in [0.3, 0.4) is 0 Å². The Morgan fingerprint density at radius 3 is 2.46 bits per heavy atom. The summed E-state index contributed by atoms with van der Waals surface area (Å²) >= 11 is 0. The number of hydrogen-bond acceptors (Lipinski definition) is 3. The standard InChI is InChI=1S/C9H17NO3/c1-4-13-6-5-10(3)9(12)7-8(2)11/h4-7H2,1-3H3. The average Bonchev–Trinajstić information content (AvgIpc) is 2.03. The number of nitrogens with zero attached hydrogens (tertiary/aromatic N) is 1. The minimum Gasteiger partial charge on any atom is -0.380 e. The van der Waals surface area contributed by atoms with Gasteiger partial charge in [0, 0.05) is 20.2 Å². The Morgan fingerprint density at radius 2 is 2.00 bits per heavy atom. The summed E-state index contributed by atoms with van der Waals surface area (Å²) in [5.74, 6) is -0.250. The van der Waals surface area contributed by atoms with Gasteiger partial charge in [-0.1, -0.05) is 0 Å². The van der Waals surface area contributed by atoms with Crippen molar-refractivity contribution < 1.29 is 14.3 Å². The quantitative estimate of drug-likeness (QED) is 0.448. The molecule has 0 aliphatic carbocycles. The maximum absolute atomic E-state index is 11.2. The Morgan fingerprint density at radius 1 is 1.38 bits per heavy atom. The summed E-state index contributed by atoms with van der Waals surface area (Å²) in [5, 5.41) is 0. The van der Waals surface area contributed by atoms with Crippen LogP contribution in [0.25, 0.3) is 0 Å². The van der Waals surface area contributed by atoms with Gasteiger partial charge in [0.05, 0.1) is 13.0 Å². The second kappa shape index (κ2) is 6.60. The van der Waals surface area contributed by atoms with Gasteiger partial charge in [-0.3, -0.25) is 9.59 Å². The zero-order chi connectivity index (χ0) is 10.3. The molecule has 1 amide bonds. The first-order valence-electron chi connectivity index (χ1n) is 4.39. The summed E-state index contributed by atoms with van der Waals surface area (Å²) in [4.78, 5) is 23.3. The van der Waals surface area contributed by atoms with Crippen LogP contribution in [-0.4, -0.2) is 43.4 Å². The minimum absolute atomic E-state index is 0.0113. The fraction of sp³-hybridized carbons (Fsp3) is 0.778. The van der Waals surface area contributed by atoms with Gasteiger partial charge in [-0.25, -0.2) is 0 Å². The summed E-state index contributed by atoms with van der Waals surface area (Å²) < 4.78 is 5.08. The predicted molar refractivity (Wildman–Crippen MR) is 49.4 cm³/mol. The maximum Gasteiger partial charge on any atom is 0.229 e. The lowest BCUT2D eigenvalue weighted by atomic mass is 10.3. The number of amides is 1. The van der Waals surface area contributed by atoms with Crippen molar-refractivity contribution in [2.75, 3.05) is 26.8 Å². The molecule has 13 heavy (non-hydrogen) atoms. The zero-order valence-corrected chi connectivity index (χ0v) is 8.50. The molecule has 0 aromatic heterocycles. The monoisotopic (exact) mass is 187 g/mol. The summed E-state index contributed by atoms with van der Waals surface area (Å²) in [6.45, 7) is 5.02. The maximum atomic E-state index is 11.2. The van der Waals surface area contributed by atoms with Crippen molar-refractivity contribution in [1.82, 2.24) is 4.90 Å². The number of likely N-dealkylation sites (N-methyl/N-ethyl adjacent to an activating group) is 1. The number of carbonyl (C=O) groups is 2. The van der Waals surface area contributed by atoms with Crippen LogP contribution in [-0.2, 0) is 14.3 Å². The molecule has 0 aliphatic rings. The second-order valence-corrected chi connectivity index (χ2v) is 2.89. The van der Waals surface area contributed by atoms with Crippen LogP contribution in [0.15, 0.2) is 0 Å². The van der Waals surface area contributed by atoms with Gasteiger partial charge >= 0.3 is 0 Å². The van der Waals surface area contributed by atoms with Crippen LogP contribution >= 0.6 is 0 Å². The molecule has 0 saturated heterocycles. The summed E-state index contributed by atoms with van der Waals surface area (Å²) in [7, 11) is 1.67. The van der Waals surface area contributed by atoms with Crippen LogP contribution < -0.4 is 0 Å². The molecule has 0 radical (unpaired) electrons. The van der Waals surface area contributed by atoms with E-state index in [0.29, 0.717) is 19.8 Å². The van der Waals surface area contributed by atoms with Crippen molar-refractivity contribution in [3.63, 3.8) is 0 Å². The van der Waals surface area contributed by atoms with E-state index in [4.69, 9.17) is 4.74 Å². The van der Waals surface area contributed by atoms with E-state index in [0.717, 1.165) is 0 Å². The largest absolute Gasteiger partial charge is 0.380 e. The Kier molecular flexibility index (Phi) is 6.14. The molecule has 0 fully saturated rings. The van der Waals surface area contributed by atoms with Crippen molar-refractivity contribution >= 4 is 11.7 Å². The topological polar surface area (TPSA) is 46.6 Å². The van der Waals surface area contributed by atoms with Gasteiger partial charge in [0.2, 0.25) is 5.91 Å². The van der Waals surface area contributed by atoms with Gasteiger partial charge in [0.1, 0.15) is 5.78 Å². The van der Waals surface area contributed by atoms with E-state index >= 15 is 0 Å². The van der Waals surface area contributed by atoms with E-state index < -0.39 is 0 Å². The fourth-order valence-electron chi connectivity index (χ4n) is 0.818. The Bertz CT molecular complexity index is 180. The summed E-state index contributed by atoms with van der Waals surface area (Å²) in [6.07, 6.45) is -0.0113. The highest BCUT2D eigenvalue weighted by molar-refractivity contribution is 5.96. The lowest BCUT2D eigenvalue weighted by molar-refractivity contribution is -0.134. The normalized spacial score (nSPS) is 9.77. The van der Waals surface area contributed by atoms with Gasteiger partial charge in [0.15, 0.2) is 0 Å². The van der Waals surface area contributed by atoms with Crippen molar-refractivity contribution in [3.8, 4) is 0 Å². The van der Waals surface area contributed by atoms with E-state index in [-0.39, 0.29) is 18.1 Å². The molecule has 0 aromatic carbocycles. The molecule has 0 saturated carbocycles. The van der Waals surface area contributed by atoms with E-state index in [9.17, 15) is 9.59 Å². The van der Waals surface area contributed by atoms with Gasteiger partial charge in [-0.2, -0.15) is 0 Å². The molecule has 0 N–H and O–H groups in total. The van der Waals surface area contributed by atoms with E-state index in [1.54, 1.807) is 7.05 Å². The highest BCUT2D eigenvalue weighted by atomic mass is 16.5. The van der Waals surface area contributed by atoms with Crippen LogP contribution in [0.5, 0.6) is 0 Å². The molecule has 0 spiro atoms. The average molecular weight is 187 g/mol. The molecule has 0 unspecified atom stereocenters. The first-order valence-corrected chi connectivity index (χ1v) is 4.39. The fourth-order valence-corrected chi connectivity index (χ4v) is 0.818. The van der Waals surface area contributed by atoms with Gasteiger partial charge in [0.25, 0.3) is 0 Å². The molecule has 4 nitrogen and oxygen atoms in total. The third-order valence-corrected chi connectivity index (χ3v) is 1.60. The first kappa shape index (κ1) is 12.1. The molecule has 0 heterocycles. The van der Waals surface area contributed by atoms with E-state index in [1.165, 1.54) is 11.8 Å². The number of ether oxygens (including phenoxy) is 1. The third-order valence-electron chi connectivity index (χ3n) is 1.60. The van der Waals surface area contributed by atoms with Crippen LogP contribution in [0.2, 0.25) is 0 Å². The lowest BCUT2D eigenvalue weighted by Gasteiger charge is -2.15. The van der Waals surface area contributed by atoms with Crippen molar-refractivity contribution in [2.24, 2.45) is 0 Å². The molecule has 0 aliphatic heterocycles. The Hall–Kier alpha value is -0.900. The first-order chi connectivity index (χ1) is 6.07. The van der Waals surface area contributed by atoms with E-state index in [2.05, 4.69) is 0 Å². The number of hydrogen-bond donors (Lipinski definition) is 0. The highest BCUT2D eigenvalue weighted by Gasteiger charge is 2.09. The van der Waals surface area contributed by atoms with E-state index in [1.807, 2.05) is 6.92 Å². The minimum atomic E-state index is -0.146. The smallest absolute Gasteiger partial charge is 0.229 e. The van der Waals surface area contributed by atoms with Crippen molar-refractivity contribution in [2.45, 2.75) is 20.3 Å². The molecule has 0 atom stereocenters. The Labute approximate surface area is 78.9 Å². The van der Waals surface area contributed by atoms with Crippen LogP contribution in [0, 0.1) is 0 Å². The van der Waals surface area contributed by atoms with Gasteiger partial charge in [-0.05, 0) is 13.8 Å². The highest BCUT2D eigenvalue weighted by Crippen LogP contribution is 1.91. The van der Waals surface area contributed by atoms with Gasteiger partial charge in [-0.15, -0.1) is 0 Å². The molecular weight excluding hydrogens is 170 g/mol. The van der Waals surface area contributed by atoms with Crippen LogP contribution in [0.4, 0.5) is 0 Å². The lowest BCUT2D eigenvalue weighted by Crippen LogP contribution is -2.31. The van der Waals surface area contributed by atoms with Crippen LogP contribution in [0.1, 0.15) is 20.3 Å². The molecule has 0 bridgehead atoms. The number of Topliss-reactive ketones (excluding diaryl/α,β-unsaturated/α-hetero) is 1. The number of ketones is 1. The molecule has 0 aromatic rings. The zero-order valence-electron chi connectivity index (χ0n) is 8.50. The number of carbonyl (C=O) groups excluding carboxylic acids is 2. The molecule has 4 heteroatoms.